The lowest BCUT2D eigenvalue weighted by Crippen LogP contribution is -2.46. The molecule has 0 bridgehead atoms. The number of phenolic OH excluding ortho intramolecular Hbond substituents is 1. The van der Waals surface area contributed by atoms with Crippen molar-refractivity contribution in [3.05, 3.63) is 45.3 Å². The van der Waals surface area contributed by atoms with Crippen molar-refractivity contribution in [3.63, 3.8) is 0 Å². The van der Waals surface area contributed by atoms with Gasteiger partial charge in [-0.3, -0.25) is 9.69 Å². The minimum atomic E-state index is -0.214. The van der Waals surface area contributed by atoms with Crippen molar-refractivity contribution >= 4 is 23.0 Å². The minimum absolute atomic E-state index is 0.214. The standard InChI is InChI=1S/C19H26ClN5O2/c1-14-4-5-16(17(26)12-14)25-10-8-24(9-11-25)7-3-6-21-18-15(20)13-22-23(2)19(18)27/h4-5,12-13,21,26H,3,6-11H2,1-2H3. The van der Waals surface area contributed by atoms with Crippen LogP contribution in [0.2, 0.25) is 5.02 Å². The molecule has 1 aromatic heterocycles. The maximum absolute atomic E-state index is 12.0. The number of piperazine rings is 1. The smallest absolute Gasteiger partial charge is 0.291 e. The van der Waals surface area contributed by atoms with Crippen LogP contribution >= 0.6 is 11.6 Å². The van der Waals surface area contributed by atoms with E-state index in [0.29, 0.717) is 23.0 Å². The molecule has 1 aromatic carbocycles. The van der Waals surface area contributed by atoms with Gasteiger partial charge in [0.2, 0.25) is 0 Å². The molecule has 0 unspecified atom stereocenters. The second-order valence-corrected chi connectivity index (χ2v) is 7.30. The van der Waals surface area contributed by atoms with Crippen LogP contribution in [0.1, 0.15) is 12.0 Å². The van der Waals surface area contributed by atoms with Crippen molar-refractivity contribution in [3.8, 4) is 5.75 Å². The Kier molecular flexibility index (Phi) is 6.23. The van der Waals surface area contributed by atoms with E-state index in [2.05, 4.69) is 20.2 Å². The number of halogens is 1. The van der Waals surface area contributed by atoms with Crippen LogP contribution in [0.4, 0.5) is 11.4 Å². The van der Waals surface area contributed by atoms with Crippen molar-refractivity contribution in [2.24, 2.45) is 7.05 Å². The number of aromatic nitrogens is 2. The summed E-state index contributed by atoms with van der Waals surface area (Å²) in [5.74, 6) is 0.350. The van der Waals surface area contributed by atoms with Crippen LogP contribution in [-0.2, 0) is 7.05 Å². The molecule has 146 valence electrons. The lowest BCUT2D eigenvalue weighted by atomic mass is 10.1. The number of aryl methyl sites for hydroxylation is 2. The average Bonchev–Trinajstić information content (AvgIpc) is 2.65. The van der Waals surface area contributed by atoms with E-state index in [1.54, 1.807) is 7.05 Å². The van der Waals surface area contributed by atoms with Gasteiger partial charge in [0, 0.05) is 39.8 Å². The first-order chi connectivity index (χ1) is 13.0. The molecule has 0 saturated carbocycles. The monoisotopic (exact) mass is 391 g/mol. The molecule has 0 amide bonds. The van der Waals surface area contributed by atoms with Crippen molar-refractivity contribution < 1.29 is 5.11 Å². The Morgan fingerprint density at radius 3 is 2.70 bits per heavy atom. The fourth-order valence-electron chi connectivity index (χ4n) is 3.31. The molecule has 0 radical (unpaired) electrons. The Hall–Kier alpha value is -2.25. The van der Waals surface area contributed by atoms with Gasteiger partial charge in [-0.05, 0) is 37.6 Å². The van der Waals surface area contributed by atoms with E-state index in [9.17, 15) is 9.90 Å². The summed E-state index contributed by atoms with van der Waals surface area (Å²) >= 11 is 6.05. The average molecular weight is 392 g/mol. The summed E-state index contributed by atoms with van der Waals surface area (Å²) < 4.78 is 1.27. The Bertz CT molecular complexity index is 846. The molecule has 3 rings (SSSR count). The van der Waals surface area contributed by atoms with Gasteiger partial charge >= 0.3 is 0 Å². The zero-order chi connectivity index (χ0) is 19.4. The van der Waals surface area contributed by atoms with Gasteiger partial charge in [-0.2, -0.15) is 5.10 Å². The van der Waals surface area contributed by atoms with Gasteiger partial charge in [-0.1, -0.05) is 17.7 Å². The van der Waals surface area contributed by atoms with E-state index >= 15 is 0 Å². The summed E-state index contributed by atoms with van der Waals surface area (Å²) in [6.45, 7) is 7.28. The topological polar surface area (TPSA) is 73.6 Å². The van der Waals surface area contributed by atoms with Crippen molar-refractivity contribution in [1.82, 2.24) is 14.7 Å². The van der Waals surface area contributed by atoms with Crippen molar-refractivity contribution in [2.75, 3.05) is 49.5 Å². The lowest BCUT2D eigenvalue weighted by molar-refractivity contribution is 0.256. The summed E-state index contributed by atoms with van der Waals surface area (Å²) in [4.78, 5) is 16.6. The first-order valence-electron chi connectivity index (χ1n) is 9.18. The highest BCUT2D eigenvalue weighted by atomic mass is 35.5. The van der Waals surface area contributed by atoms with E-state index in [0.717, 1.165) is 50.4 Å². The third-order valence-electron chi connectivity index (χ3n) is 4.89. The Balaban J connectivity index is 1.44. The van der Waals surface area contributed by atoms with Gasteiger partial charge in [0.25, 0.3) is 5.56 Å². The van der Waals surface area contributed by atoms with Crippen LogP contribution in [-0.4, -0.2) is 59.1 Å². The van der Waals surface area contributed by atoms with Crippen LogP contribution in [0.5, 0.6) is 5.75 Å². The third kappa shape index (κ3) is 4.73. The fourth-order valence-corrected chi connectivity index (χ4v) is 3.50. The number of nitrogens with one attached hydrogen (secondary N) is 1. The van der Waals surface area contributed by atoms with Crippen molar-refractivity contribution in [2.45, 2.75) is 13.3 Å². The minimum Gasteiger partial charge on any atom is -0.506 e. The van der Waals surface area contributed by atoms with E-state index in [1.807, 2.05) is 25.1 Å². The largest absolute Gasteiger partial charge is 0.506 e. The number of anilines is 2. The molecule has 8 heteroatoms. The molecule has 0 aliphatic carbocycles. The van der Waals surface area contributed by atoms with E-state index in [1.165, 1.54) is 10.9 Å². The van der Waals surface area contributed by atoms with E-state index < -0.39 is 0 Å². The second-order valence-electron chi connectivity index (χ2n) is 6.90. The van der Waals surface area contributed by atoms with E-state index in [-0.39, 0.29) is 5.56 Å². The maximum atomic E-state index is 12.0. The Labute approximate surface area is 164 Å². The molecule has 0 atom stereocenters. The zero-order valence-corrected chi connectivity index (χ0v) is 16.5. The van der Waals surface area contributed by atoms with Crippen LogP contribution in [0.25, 0.3) is 0 Å². The highest BCUT2D eigenvalue weighted by molar-refractivity contribution is 6.32. The van der Waals surface area contributed by atoms with Gasteiger partial charge in [0.15, 0.2) is 0 Å². The van der Waals surface area contributed by atoms with Gasteiger partial charge < -0.3 is 15.3 Å². The van der Waals surface area contributed by atoms with Gasteiger partial charge in [-0.25, -0.2) is 4.68 Å². The predicted octanol–water partition coefficient (Wildman–Crippen LogP) is 2.07. The summed E-state index contributed by atoms with van der Waals surface area (Å²) in [5.41, 5.74) is 2.17. The fraction of sp³-hybridized carbons (Fsp3) is 0.474. The quantitative estimate of drug-likeness (QED) is 0.734. The Morgan fingerprint density at radius 1 is 1.26 bits per heavy atom. The third-order valence-corrected chi connectivity index (χ3v) is 5.17. The summed E-state index contributed by atoms with van der Waals surface area (Å²) in [5, 5.41) is 17.5. The number of nitrogens with zero attached hydrogens (tertiary/aromatic N) is 4. The molecule has 1 saturated heterocycles. The molecular formula is C19H26ClN5O2. The van der Waals surface area contributed by atoms with Gasteiger partial charge in [0.05, 0.1) is 16.9 Å². The van der Waals surface area contributed by atoms with Gasteiger partial charge in [0.1, 0.15) is 11.4 Å². The summed E-state index contributed by atoms with van der Waals surface area (Å²) in [6.07, 6.45) is 2.39. The lowest BCUT2D eigenvalue weighted by Gasteiger charge is -2.36. The molecule has 0 spiro atoms. The second kappa shape index (κ2) is 8.63. The van der Waals surface area contributed by atoms with Gasteiger partial charge in [-0.15, -0.1) is 0 Å². The highest BCUT2D eigenvalue weighted by Crippen LogP contribution is 2.28. The number of hydrogen-bond donors (Lipinski definition) is 2. The first-order valence-corrected chi connectivity index (χ1v) is 9.56. The Morgan fingerprint density at radius 2 is 2.00 bits per heavy atom. The molecular weight excluding hydrogens is 366 g/mol. The van der Waals surface area contributed by atoms with Crippen LogP contribution in [0, 0.1) is 6.92 Å². The molecule has 1 aliphatic rings. The van der Waals surface area contributed by atoms with Crippen LogP contribution < -0.4 is 15.8 Å². The summed E-state index contributed by atoms with van der Waals surface area (Å²) in [7, 11) is 1.61. The zero-order valence-electron chi connectivity index (χ0n) is 15.8. The summed E-state index contributed by atoms with van der Waals surface area (Å²) in [6, 6.07) is 5.83. The van der Waals surface area contributed by atoms with Crippen LogP contribution in [0.15, 0.2) is 29.2 Å². The molecule has 2 N–H and O–H groups in total. The maximum Gasteiger partial charge on any atom is 0.291 e. The number of phenols is 1. The molecule has 27 heavy (non-hydrogen) atoms. The molecule has 1 aliphatic heterocycles. The van der Waals surface area contributed by atoms with E-state index in [4.69, 9.17) is 11.6 Å². The number of rotatable bonds is 6. The number of hydrogen-bond acceptors (Lipinski definition) is 6. The molecule has 2 heterocycles. The number of benzene rings is 1. The SMILES string of the molecule is Cc1ccc(N2CCN(CCCNc3c(Cl)cnn(C)c3=O)CC2)c(O)c1. The highest BCUT2D eigenvalue weighted by Gasteiger charge is 2.19. The molecule has 2 aromatic rings. The number of aromatic hydroxyl groups is 1. The predicted molar refractivity (Wildman–Crippen MR) is 109 cm³/mol. The molecule has 1 fully saturated rings. The van der Waals surface area contributed by atoms with Crippen molar-refractivity contribution in [1.29, 1.82) is 0 Å². The first kappa shape index (κ1) is 19.5. The molecule has 7 nitrogen and oxygen atoms in total. The normalized spacial score (nSPS) is 15.1. The van der Waals surface area contributed by atoms with Crippen LogP contribution in [0.3, 0.4) is 0 Å².